The molecule has 1 rings (SSSR count). The van der Waals surface area contributed by atoms with Crippen LogP contribution in [0, 0.1) is 0 Å². The molecule has 0 aliphatic carbocycles. The Bertz CT molecular complexity index is 354. The fourth-order valence-corrected chi connectivity index (χ4v) is 1.71. The van der Waals surface area contributed by atoms with Gasteiger partial charge in [-0.25, -0.2) is 4.79 Å². The molecule has 0 unspecified atom stereocenters. The summed E-state index contributed by atoms with van der Waals surface area (Å²) in [6.45, 7) is 0. The Morgan fingerprint density at radius 2 is 2.23 bits per heavy atom. The third-order valence-electron chi connectivity index (χ3n) is 1.44. The van der Waals surface area contributed by atoms with Gasteiger partial charge in [-0.1, -0.05) is 11.6 Å². The summed E-state index contributed by atoms with van der Waals surface area (Å²) in [6.07, 6.45) is 0. The van der Waals surface area contributed by atoms with Crippen LogP contribution in [-0.4, -0.2) is 13.1 Å². The standard InChI is InChI=1S/C8H6BrClO2S/c1-12-8(11)4-2-7(13)5(9)3-6(4)10/h2-3,13H,1H3. The summed E-state index contributed by atoms with van der Waals surface area (Å²) in [6, 6.07) is 3.16. The zero-order chi connectivity index (χ0) is 10.0. The molecule has 0 saturated heterocycles. The van der Waals surface area contributed by atoms with E-state index in [0.29, 0.717) is 15.5 Å². The number of halogens is 2. The van der Waals surface area contributed by atoms with Crippen LogP contribution in [0.15, 0.2) is 21.5 Å². The van der Waals surface area contributed by atoms with Crippen molar-refractivity contribution < 1.29 is 9.53 Å². The van der Waals surface area contributed by atoms with Gasteiger partial charge in [0.1, 0.15) is 0 Å². The predicted molar refractivity (Wildman–Crippen MR) is 57.7 cm³/mol. The second-order valence-corrected chi connectivity index (χ2v) is 4.02. The van der Waals surface area contributed by atoms with Crippen molar-refractivity contribution in [2.75, 3.05) is 7.11 Å². The highest BCUT2D eigenvalue weighted by atomic mass is 79.9. The Hall–Kier alpha value is -0.190. The van der Waals surface area contributed by atoms with E-state index in [1.807, 2.05) is 0 Å². The van der Waals surface area contributed by atoms with Gasteiger partial charge in [-0.2, -0.15) is 0 Å². The van der Waals surface area contributed by atoms with E-state index in [4.69, 9.17) is 11.6 Å². The van der Waals surface area contributed by atoms with Gasteiger partial charge in [0.25, 0.3) is 0 Å². The number of thiol groups is 1. The van der Waals surface area contributed by atoms with Crippen LogP contribution in [-0.2, 0) is 4.74 Å². The summed E-state index contributed by atoms with van der Waals surface area (Å²) in [5.74, 6) is -0.465. The van der Waals surface area contributed by atoms with Crippen molar-refractivity contribution in [3.63, 3.8) is 0 Å². The Balaban J connectivity index is 3.23. The number of benzene rings is 1. The number of carbonyl (C=O) groups excluding carboxylic acids is 1. The van der Waals surface area contributed by atoms with Gasteiger partial charge in [-0.15, -0.1) is 12.6 Å². The van der Waals surface area contributed by atoms with Gasteiger partial charge in [0.15, 0.2) is 0 Å². The zero-order valence-corrected chi connectivity index (χ0v) is 9.91. The minimum atomic E-state index is -0.465. The van der Waals surface area contributed by atoms with Gasteiger partial charge in [0, 0.05) is 9.37 Å². The molecule has 0 radical (unpaired) electrons. The number of methoxy groups -OCH3 is 1. The smallest absolute Gasteiger partial charge is 0.339 e. The van der Waals surface area contributed by atoms with Crippen molar-refractivity contribution >= 4 is 46.1 Å². The van der Waals surface area contributed by atoms with Gasteiger partial charge in [0.05, 0.1) is 17.7 Å². The fourth-order valence-electron chi connectivity index (χ4n) is 0.804. The van der Waals surface area contributed by atoms with Crippen LogP contribution in [0.1, 0.15) is 10.4 Å². The molecular weight excluding hydrogens is 276 g/mol. The maximum absolute atomic E-state index is 11.1. The average Bonchev–Trinajstić information content (AvgIpc) is 2.10. The highest BCUT2D eigenvalue weighted by Crippen LogP contribution is 2.28. The van der Waals surface area contributed by atoms with E-state index >= 15 is 0 Å². The Morgan fingerprint density at radius 3 is 2.77 bits per heavy atom. The molecule has 1 aromatic carbocycles. The summed E-state index contributed by atoms with van der Waals surface area (Å²) in [5, 5.41) is 0.344. The average molecular weight is 282 g/mol. The van der Waals surface area contributed by atoms with Crippen LogP contribution in [0.5, 0.6) is 0 Å². The van der Waals surface area contributed by atoms with Crippen molar-refractivity contribution in [2.45, 2.75) is 4.90 Å². The molecule has 0 fully saturated rings. The van der Waals surface area contributed by atoms with Gasteiger partial charge in [-0.05, 0) is 28.1 Å². The summed E-state index contributed by atoms with van der Waals surface area (Å²) in [4.78, 5) is 11.8. The van der Waals surface area contributed by atoms with E-state index in [9.17, 15) is 4.79 Å². The number of ether oxygens (including phenoxy) is 1. The third-order valence-corrected chi connectivity index (χ3v) is 3.09. The van der Waals surface area contributed by atoms with Crippen molar-refractivity contribution in [2.24, 2.45) is 0 Å². The van der Waals surface area contributed by atoms with E-state index in [0.717, 1.165) is 4.47 Å². The van der Waals surface area contributed by atoms with E-state index in [1.165, 1.54) is 7.11 Å². The number of hydrogen-bond donors (Lipinski definition) is 1. The summed E-state index contributed by atoms with van der Waals surface area (Å²) in [7, 11) is 1.30. The van der Waals surface area contributed by atoms with Crippen LogP contribution in [0.4, 0.5) is 0 Å². The molecule has 1 aromatic rings. The number of esters is 1. The molecule has 0 aliphatic rings. The van der Waals surface area contributed by atoms with Gasteiger partial charge >= 0.3 is 5.97 Å². The lowest BCUT2D eigenvalue weighted by Crippen LogP contribution is -2.02. The molecular formula is C8H6BrClO2S. The van der Waals surface area contributed by atoms with Crippen LogP contribution in [0.2, 0.25) is 5.02 Å². The summed E-state index contributed by atoms with van der Waals surface area (Å²) in [5.41, 5.74) is 0.317. The van der Waals surface area contributed by atoms with Crippen molar-refractivity contribution in [3.8, 4) is 0 Å². The molecule has 0 aromatic heterocycles. The van der Waals surface area contributed by atoms with Crippen LogP contribution in [0.25, 0.3) is 0 Å². The predicted octanol–water partition coefficient (Wildman–Crippen LogP) is 3.18. The van der Waals surface area contributed by atoms with E-state index in [-0.39, 0.29) is 0 Å². The molecule has 0 N–H and O–H groups in total. The first-order valence-electron chi connectivity index (χ1n) is 3.32. The Kier molecular flexibility index (Phi) is 3.64. The van der Waals surface area contributed by atoms with Crippen molar-refractivity contribution in [1.82, 2.24) is 0 Å². The van der Waals surface area contributed by atoms with Crippen LogP contribution < -0.4 is 0 Å². The number of rotatable bonds is 1. The quantitative estimate of drug-likeness (QED) is 0.632. The monoisotopic (exact) mass is 280 g/mol. The highest BCUT2D eigenvalue weighted by Gasteiger charge is 2.12. The molecule has 0 heterocycles. The van der Waals surface area contributed by atoms with Gasteiger partial charge in [-0.3, -0.25) is 0 Å². The second-order valence-electron chi connectivity index (χ2n) is 2.28. The van der Waals surface area contributed by atoms with Crippen LogP contribution >= 0.6 is 40.2 Å². The Morgan fingerprint density at radius 1 is 1.62 bits per heavy atom. The fraction of sp³-hybridized carbons (Fsp3) is 0.125. The van der Waals surface area contributed by atoms with Gasteiger partial charge < -0.3 is 4.74 Å². The SMILES string of the molecule is COC(=O)c1cc(S)c(Br)cc1Cl. The normalized spacial score (nSPS) is 9.85. The zero-order valence-electron chi connectivity index (χ0n) is 6.67. The third kappa shape index (κ3) is 2.39. The minimum absolute atomic E-state index is 0.317. The van der Waals surface area contributed by atoms with E-state index in [1.54, 1.807) is 12.1 Å². The summed E-state index contributed by atoms with van der Waals surface area (Å²) >= 11 is 13.2. The van der Waals surface area contributed by atoms with E-state index < -0.39 is 5.97 Å². The molecule has 0 saturated carbocycles. The maximum Gasteiger partial charge on any atom is 0.339 e. The topological polar surface area (TPSA) is 26.3 Å². The largest absolute Gasteiger partial charge is 0.465 e. The van der Waals surface area contributed by atoms with Crippen LogP contribution in [0.3, 0.4) is 0 Å². The Labute approximate surface area is 94.8 Å². The molecule has 0 bridgehead atoms. The molecule has 0 atom stereocenters. The van der Waals surface area contributed by atoms with Crippen molar-refractivity contribution in [3.05, 3.63) is 27.2 Å². The molecule has 70 valence electrons. The second kappa shape index (κ2) is 4.35. The van der Waals surface area contributed by atoms with E-state index in [2.05, 4.69) is 33.3 Å². The molecule has 0 spiro atoms. The maximum atomic E-state index is 11.1. The van der Waals surface area contributed by atoms with Gasteiger partial charge in [0.2, 0.25) is 0 Å². The highest BCUT2D eigenvalue weighted by molar-refractivity contribution is 9.10. The minimum Gasteiger partial charge on any atom is -0.465 e. The van der Waals surface area contributed by atoms with Crippen molar-refractivity contribution in [1.29, 1.82) is 0 Å². The first-order valence-corrected chi connectivity index (χ1v) is 4.94. The first kappa shape index (κ1) is 10.9. The lowest BCUT2D eigenvalue weighted by atomic mass is 10.2. The lowest BCUT2D eigenvalue weighted by molar-refractivity contribution is 0.0600. The first-order chi connectivity index (χ1) is 6.06. The number of carbonyl (C=O) groups is 1. The summed E-state index contributed by atoms with van der Waals surface area (Å²) < 4.78 is 5.28. The molecule has 5 heteroatoms. The molecule has 2 nitrogen and oxygen atoms in total. The molecule has 0 aliphatic heterocycles. The molecule has 0 amide bonds. The lowest BCUT2D eigenvalue weighted by Gasteiger charge is -2.04. The molecule has 13 heavy (non-hydrogen) atoms. The number of hydrogen-bond acceptors (Lipinski definition) is 3.